The van der Waals surface area contributed by atoms with E-state index in [1.165, 1.54) is 36.4 Å². The van der Waals surface area contributed by atoms with Gasteiger partial charge in [0.05, 0.1) is 46.5 Å². The molecule has 3 rings (SSSR count). The minimum absolute atomic E-state index is 0.0604. The van der Waals surface area contributed by atoms with Gasteiger partial charge in [0.15, 0.2) is 9.84 Å². The van der Waals surface area contributed by atoms with E-state index < -0.39 is 48.9 Å². The molecule has 0 spiro atoms. The first-order valence-corrected chi connectivity index (χ1v) is 14.2. The van der Waals surface area contributed by atoms with Gasteiger partial charge in [0, 0.05) is 0 Å². The van der Waals surface area contributed by atoms with Gasteiger partial charge in [-0.25, -0.2) is 13.2 Å². The van der Waals surface area contributed by atoms with Crippen LogP contribution in [0.1, 0.15) is 17.3 Å². The molecular formula is C23H24N6O8S2. The molecular weight excluding hydrogens is 552 g/mol. The summed E-state index contributed by atoms with van der Waals surface area (Å²) in [5.74, 6) is -1.17. The van der Waals surface area contributed by atoms with E-state index in [0.29, 0.717) is 0 Å². The SMILES string of the molecule is CCOC(=O)c1ccccc1/N=N/c1c(N)c(/N=N/c2cccc(S(=O)(=O)CCO)c2)cc(S(=O)(=O)O)c1N. The molecule has 0 fully saturated rings. The number of sulfone groups is 1. The zero-order chi connectivity index (χ0) is 28.8. The number of ether oxygens (including phenoxy) is 1. The minimum atomic E-state index is -4.88. The molecule has 0 saturated carbocycles. The Morgan fingerprint density at radius 1 is 0.897 bits per heavy atom. The van der Waals surface area contributed by atoms with Gasteiger partial charge in [-0.05, 0) is 43.3 Å². The lowest BCUT2D eigenvalue weighted by molar-refractivity contribution is 0.0527. The average molecular weight is 577 g/mol. The number of carbonyl (C=O) groups excluding carboxylic acids is 1. The predicted octanol–water partition coefficient (Wildman–Crippen LogP) is 3.87. The van der Waals surface area contributed by atoms with E-state index in [1.807, 2.05) is 0 Å². The van der Waals surface area contributed by atoms with E-state index in [4.69, 9.17) is 21.3 Å². The summed E-state index contributed by atoms with van der Waals surface area (Å²) in [6.07, 6.45) is 0. The number of hydrogen-bond donors (Lipinski definition) is 4. The van der Waals surface area contributed by atoms with Gasteiger partial charge in [-0.15, -0.1) is 15.3 Å². The highest BCUT2D eigenvalue weighted by Gasteiger charge is 2.23. The second-order valence-corrected chi connectivity index (χ2v) is 11.2. The lowest BCUT2D eigenvalue weighted by atomic mass is 10.2. The summed E-state index contributed by atoms with van der Waals surface area (Å²) in [4.78, 5) is 11.3. The molecule has 0 unspecified atom stereocenters. The molecule has 6 N–H and O–H groups in total. The molecule has 0 amide bonds. The van der Waals surface area contributed by atoms with Crippen LogP contribution in [0.15, 0.2) is 84.8 Å². The van der Waals surface area contributed by atoms with Crippen LogP contribution >= 0.6 is 0 Å². The number of nitrogen functional groups attached to an aromatic ring is 2. The molecule has 0 aliphatic heterocycles. The van der Waals surface area contributed by atoms with E-state index in [0.717, 1.165) is 6.07 Å². The zero-order valence-corrected chi connectivity index (χ0v) is 22.1. The molecule has 0 heterocycles. The first-order chi connectivity index (χ1) is 18.4. The van der Waals surface area contributed by atoms with Crippen molar-refractivity contribution in [1.29, 1.82) is 0 Å². The van der Waals surface area contributed by atoms with Gasteiger partial charge in [0.1, 0.15) is 22.0 Å². The van der Waals surface area contributed by atoms with Crippen LogP contribution in [-0.4, -0.2) is 51.4 Å². The molecule has 16 heteroatoms. The molecule has 3 aromatic rings. The fourth-order valence-corrected chi connectivity index (χ4v) is 4.90. The first-order valence-electron chi connectivity index (χ1n) is 11.1. The summed E-state index contributed by atoms with van der Waals surface area (Å²) in [6.45, 7) is 1.17. The van der Waals surface area contributed by atoms with Crippen molar-refractivity contribution in [2.24, 2.45) is 20.5 Å². The summed E-state index contributed by atoms with van der Waals surface area (Å²) in [5, 5.41) is 24.7. The number of aliphatic hydroxyl groups is 1. The summed E-state index contributed by atoms with van der Waals surface area (Å²) in [6, 6.07) is 12.2. The molecule has 0 aliphatic carbocycles. The Kier molecular flexibility index (Phi) is 9.08. The maximum absolute atomic E-state index is 12.2. The number of azo groups is 2. The van der Waals surface area contributed by atoms with Crippen LogP contribution in [0.4, 0.5) is 34.1 Å². The predicted molar refractivity (Wildman–Crippen MR) is 141 cm³/mol. The van der Waals surface area contributed by atoms with Gasteiger partial charge in [0.25, 0.3) is 10.1 Å². The summed E-state index contributed by atoms with van der Waals surface area (Å²) in [7, 11) is -8.66. The van der Waals surface area contributed by atoms with Crippen LogP contribution in [0.25, 0.3) is 0 Å². The summed E-state index contributed by atoms with van der Waals surface area (Å²) >= 11 is 0. The Balaban J connectivity index is 2.11. The van der Waals surface area contributed by atoms with Crippen molar-refractivity contribution in [1.82, 2.24) is 0 Å². The second kappa shape index (κ2) is 12.1. The van der Waals surface area contributed by atoms with Crippen LogP contribution in [0.3, 0.4) is 0 Å². The third-order valence-electron chi connectivity index (χ3n) is 5.06. The Morgan fingerprint density at radius 3 is 2.26 bits per heavy atom. The van der Waals surface area contributed by atoms with Gasteiger partial charge in [-0.2, -0.15) is 13.5 Å². The first kappa shape index (κ1) is 29.3. The number of carbonyl (C=O) groups is 1. The average Bonchev–Trinajstić information content (AvgIpc) is 2.88. The van der Waals surface area contributed by atoms with Gasteiger partial charge >= 0.3 is 5.97 Å². The Labute approximate surface area is 223 Å². The van der Waals surface area contributed by atoms with Crippen molar-refractivity contribution in [3.63, 3.8) is 0 Å². The topological polar surface area (TPSA) is 237 Å². The molecule has 206 valence electrons. The van der Waals surface area contributed by atoms with E-state index >= 15 is 0 Å². The van der Waals surface area contributed by atoms with Crippen LogP contribution in [0, 0.1) is 0 Å². The molecule has 0 bridgehead atoms. The van der Waals surface area contributed by atoms with E-state index in [-0.39, 0.29) is 45.5 Å². The summed E-state index contributed by atoms with van der Waals surface area (Å²) in [5.41, 5.74) is 10.8. The maximum atomic E-state index is 12.2. The minimum Gasteiger partial charge on any atom is -0.462 e. The molecule has 39 heavy (non-hydrogen) atoms. The monoisotopic (exact) mass is 576 g/mol. The number of benzene rings is 3. The lowest BCUT2D eigenvalue weighted by Gasteiger charge is -2.11. The highest BCUT2D eigenvalue weighted by molar-refractivity contribution is 7.91. The smallest absolute Gasteiger partial charge is 0.340 e. The van der Waals surface area contributed by atoms with Crippen LogP contribution in [-0.2, 0) is 24.7 Å². The van der Waals surface area contributed by atoms with Gasteiger partial charge < -0.3 is 21.3 Å². The number of anilines is 2. The standard InChI is InChI=1S/C23H24N6O8S2/c1-2-37-23(31)16-8-3-4-9-17(16)27-29-22-20(24)18(13-19(21(22)25)39(34,35)36)28-26-14-6-5-7-15(12-14)38(32,33)11-10-30/h3-9,12-13,30H,2,10-11,24-25H2,1H3,(H,34,35,36)/b28-26+,29-27+. The van der Waals surface area contributed by atoms with Crippen molar-refractivity contribution < 1.29 is 36.0 Å². The molecule has 0 aromatic heterocycles. The lowest BCUT2D eigenvalue weighted by Crippen LogP contribution is -2.09. The van der Waals surface area contributed by atoms with Crippen molar-refractivity contribution >= 4 is 60.0 Å². The highest BCUT2D eigenvalue weighted by atomic mass is 32.2. The molecule has 0 radical (unpaired) electrons. The van der Waals surface area contributed by atoms with Crippen molar-refractivity contribution in [3.05, 3.63) is 60.2 Å². The highest BCUT2D eigenvalue weighted by Crippen LogP contribution is 2.43. The molecule has 14 nitrogen and oxygen atoms in total. The Hall–Kier alpha value is -4.25. The number of nitrogens with zero attached hydrogens (tertiary/aromatic N) is 4. The van der Waals surface area contributed by atoms with Crippen LogP contribution in [0.2, 0.25) is 0 Å². The number of rotatable bonds is 10. The van der Waals surface area contributed by atoms with E-state index in [1.54, 1.807) is 19.1 Å². The molecule has 0 saturated heterocycles. The van der Waals surface area contributed by atoms with Gasteiger partial charge in [-0.3, -0.25) is 4.55 Å². The Bertz CT molecular complexity index is 1670. The van der Waals surface area contributed by atoms with Crippen molar-refractivity contribution in [2.45, 2.75) is 16.7 Å². The second-order valence-electron chi connectivity index (χ2n) is 7.72. The Morgan fingerprint density at radius 2 is 1.59 bits per heavy atom. The van der Waals surface area contributed by atoms with E-state index in [2.05, 4.69) is 20.5 Å². The van der Waals surface area contributed by atoms with Gasteiger partial charge in [0.2, 0.25) is 0 Å². The molecule has 0 aliphatic rings. The van der Waals surface area contributed by atoms with E-state index in [9.17, 15) is 26.2 Å². The van der Waals surface area contributed by atoms with Gasteiger partial charge in [-0.1, -0.05) is 18.2 Å². The van der Waals surface area contributed by atoms with Crippen LogP contribution in [0.5, 0.6) is 0 Å². The zero-order valence-electron chi connectivity index (χ0n) is 20.4. The summed E-state index contributed by atoms with van der Waals surface area (Å²) < 4.78 is 63.1. The maximum Gasteiger partial charge on any atom is 0.340 e. The largest absolute Gasteiger partial charge is 0.462 e. The number of nitrogens with two attached hydrogens (primary N) is 2. The normalized spacial score (nSPS) is 12.3. The number of esters is 1. The fraction of sp³-hybridized carbons (Fsp3) is 0.174. The van der Waals surface area contributed by atoms with Crippen molar-refractivity contribution in [3.8, 4) is 0 Å². The number of aliphatic hydroxyl groups excluding tert-OH is 1. The third kappa shape index (κ3) is 6.99. The number of hydrogen-bond acceptors (Lipinski definition) is 13. The molecule has 3 aromatic carbocycles. The molecule has 0 atom stereocenters. The third-order valence-corrected chi connectivity index (χ3v) is 7.65. The quantitative estimate of drug-likeness (QED) is 0.118. The van der Waals surface area contributed by atoms with Crippen LogP contribution < -0.4 is 11.5 Å². The van der Waals surface area contributed by atoms with Crippen molar-refractivity contribution in [2.75, 3.05) is 30.4 Å². The fourth-order valence-electron chi connectivity index (χ4n) is 3.20.